The fourth-order valence-electron chi connectivity index (χ4n) is 2.26. The third-order valence-corrected chi connectivity index (χ3v) is 4.49. The lowest BCUT2D eigenvalue weighted by Crippen LogP contribution is -2.22. The zero-order valence-corrected chi connectivity index (χ0v) is 13.7. The Morgan fingerprint density at radius 1 is 1.16 bits per heavy atom. The zero-order chi connectivity index (χ0) is 18.0. The maximum atomic E-state index is 11.6. The molecule has 0 aliphatic rings. The van der Waals surface area contributed by atoms with E-state index >= 15 is 0 Å². The van der Waals surface area contributed by atoms with Gasteiger partial charge in [-0.2, -0.15) is 0 Å². The molecule has 0 radical (unpaired) electrons. The molecule has 3 rings (SSSR count). The monoisotopic (exact) mass is 355 g/mol. The second kappa shape index (κ2) is 6.70. The van der Waals surface area contributed by atoms with Crippen molar-refractivity contribution >= 4 is 44.9 Å². The Morgan fingerprint density at radius 2 is 1.96 bits per heavy atom. The fourth-order valence-corrected chi connectivity index (χ4v) is 3.21. The van der Waals surface area contributed by atoms with Gasteiger partial charge in [-0.3, -0.25) is 9.59 Å². The summed E-state index contributed by atoms with van der Waals surface area (Å²) >= 11 is 1.10. The average Bonchev–Trinajstić information content (AvgIpc) is 3.02. The summed E-state index contributed by atoms with van der Waals surface area (Å²) in [7, 11) is 0. The molecule has 0 atom stereocenters. The molecule has 0 bridgehead atoms. The summed E-state index contributed by atoms with van der Waals surface area (Å²) in [4.78, 5) is 37.7. The summed E-state index contributed by atoms with van der Waals surface area (Å²) in [6.45, 7) is 0.443. The Morgan fingerprint density at radius 3 is 2.68 bits per heavy atom. The van der Waals surface area contributed by atoms with Gasteiger partial charge in [0.1, 0.15) is 0 Å². The number of Topliss-reactive ketones (excluding diaryl/α,β-unsaturated/α-hetero) is 1. The number of fused-ring (bicyclic) bond motifs is 1. The van der Waals surface area contributed by atoms with Crippen LogP contribution in [0.25, 0.3) is 10.2 Å². The van der Waals surface area contributed by atoms with Crippen LogP contribution in [0.2, 0.25) is 0 Å². The minimum absolute atomic E-state index is 0.0637. The lowest BCUT2D eigenvalue weighted by molar-refractivity contribution is -0.114. The number of aromatic nitrogens is 1. The second-order valence-electron chi connectivity index (χ2n) is 5.25. The number of nitrogens with zero attached hydrogens (tertiary/aromatic N) is 1. The highest BCUT2D eigenvalue weighted by molar-refractivity contribution is 7.21. The topological polar surface area (TPSA) is 122 Å². The minimum atomic E-state index is -1.03. The number of benzene rings is 2. The molecule has 8 heteroatoms. The van der Waals surface area contributed by atoms with Crippen molar-refractivity contribution in [2.75, 3.05) is 5.32 Å². The number of carboxylic acid groups (broad SMARTS) is 1. The molecule has 0 aliphatic heterocycles. The predicted molar refractivity (Wildman–Crippen MR) is 93.9 cm³/mol. The van der Waals surface area contributed by atoms with Crippen LogP contribution < -0.4 is 11.1 Å². The fraction of sp³-hybridized carbons (Fsp3) is 0.0588. The van der Waals surface area contributed by atoms with Crippen molar-refractivity contribution in [2.45, 2.75) is 6.54 Å². The van der Waals surface area contributed by atoms with E-state index in [0.29, 0.717) is 12.1 Å². The molecule has 1 aromatic heterocycles. The highest BCUT2D eigenvalue weighted by Crippen LogP contribution is 2.26. The number of carbonyl (C=O) groups is 3. The number of anilines is 1. The van der Waals surface area contributed by atoms with Crippen LogP contribution in [0.5, 0.6) is 0 Å². The first-order valence-corrected chi connectivity index (χ1v) is 8.06. The van der Waals surface area contributed by atoms with Gasteiger partial charge in [-0.15, -0.1) is 11.3 Å². The third kappa shape index (κ3) is 3.64. The zero-order valence-electron chi connectivity index (χ0n) is 12.9. The number of carbonyl (C=O) groups excluding carboxylic acids is 2. The van der Waals surface area contributed by atoms with Crippen LogP contribution in [0.15, 0.2) is 42.5 Å². The lowest BCUT2D eigenvalue weighted by Gasteiger charge is -2.07. The molecule has 0 unspecified atom stereocenters. The summed E-state index contributed by atoms with van der Waals surface area (Å²) in [5, 5.41) is 12.3. The van der Waals surface area contributed by atoms with Gasteiger partial charge < -0.3 is 16.2 Å². The van der Waals surface area contributed by atoms with Crippen LogP contribution in [0.1, 0.15) is 25.7 Å². The molecule has 4 N–H and O–H groups in total. The van der Waals surface area contributed by atoms with E-state index < -0.39 is 17.7 Å². The van der Waals surface area contributed by atoms with E-state index in [9.17, 15) is 14.4 Å². The standard InChI is InChI=1S/C17H13N3O4S/c18-15(22)14(21)16-20-12-5-4-11(7-13(12)25-16)19-8-9-2-1-3-10(6-9)17(23)24/h1-7,19H,8H2,(H2,18,22)(H,23,24). The molecule has 0 saturated carbocycles. The molecule has 0 aliphatic carbocycles. The first-order valence-electron chi connectivity index (χ1n) is 7.25. The Balaban J connectivity index is 1.78. The van der Waals surface area contributed by atoms with Crippen molar-refractivity contribution in [2.24, 2.45) is 5.73 Å². The number of nitrogens with two attached hydrogens (primary N) is 1. The van der Waals surface area contributed by atoms with Crippen LogP contribution >= 0.6 is 11.3 Å². The number of amides is 1. The van der Waals surface area contributed by atoms with Crippen LogP contribution in [-0.2, 0) is 11.3 Å². The van der Waals surface area contributed by atoms with E-state index in [0.717, 1.165) is 27.3 Å². The number of rotatable bonds is 6. The summed E-state index contributed by atoms with van der Waals surface area (Å²) in [5.41, 5.74) is 7.44. The third-order valence-electron chi connectivity index (χ3n) is 3.48. The largest absolute Gasteiger partial charge is 0.478 e. The van der Waals surface area contributed by atoms with E-state index in [2.05, 4.69) is 10.3 Å². The number of carboxylic acids is 1. The predicted octanol–water partition coefficient (Wildman–Crippen LogP) is 2.27. The molecule has 0 spiro atoms. The molecule has 7 nitrogen and oxygen atoms in total. The molecule has 1 amide bonds. The van der Waals surface area contributed by atoms with E-state index in [1.54, 1.807) is 24.3 Å². The van der Waals surface area contributed by atoms with Crippen molar-refractivity contribution in [1.29, 1.82) is 0 Å². The van der Waals surface area contributed by atoms with Gasteiger partial charge in [0.2, 0.25) is 0 Å². The summed E-state index contributed by atoms with van der Waals surface area (Å²) in [6, 6.07) is 12.0. The van der Waals surface area contributed by atoms with Gasteiger partial charge in [0.15, 0.2) is 5.01 Å². The van der Waals surface area contributed by atoms with Gasteiger partial charge in [-0.05, 0) is 35.9 Å². The average molecular weight is 355 g/mol. The second-order valence-corrected chi connectivity index (χ2v) is 6.28. The Labute approximate surface area is 146 Å². The van der Waals surface area contributed by atoms with Crippen molar-refractivity contribution < 1.29 is 19.5 Å². The first-order chi connectivity index (χ1) is 11.9. The van der Waals surface area contributed by atoms with Crippen LogP contribution in [-0.4, -0.2) is 27.8 Å². The highest BCUT2D eigenvalue weighted by Gasteiger charge is 2.17. The smallest absolute Gasteiger partial charge is 0.335 e. The number of nitrogens with one attached hydrogen (secondary N) is 1. The maximum absolute atomic E-state index is 11.6. The summed E-state index contributed by atoms with van der Waals surface area (Å²) in [5.74, 6) is -2.81. The molecular formula is C17H13N3O4S. The van der Waals surface area contributed by atoms with Crippen molar-refractivity contribution in [3.05, 3.63) is 58.6 Å². The van der Waals surface area contributed by atoms with Gasteiger partial charge in [0, 0.05) is 12.2 Å². The molecule has 25 heavy (non-hydrogen) atoms. The normalized spacial score (nSPS) is 10.6. The van der Waals surface area contributed by atoms with E-state index in [-0.39, 0.29) is 10.6 Å². The van der Waals surface area contributed by atoms with Gasteiger partial charge >= 0.3 is 5.97 Å². The first kappa shape index (κ1) is 16.6. The summed E-state index contributed by atoms with van der Waals surface area (Å²) < 4.78 is 0.744. The molecule has 0 fully saturated rings. The van der Waals surface area contributed by atoms with Crippen molar-refractivity contribution in [3.8, 4) is 0 Å². The van der Waals surface area contributed by atoms with E-state index in [4.69, 9.17) is 10.8 Å². The Kier molecular flexibility index (Phi) is 4.44. The number of hydrogen-bond donors (Lipinski definition) is 3. The van der Waals surface area contributed by atoms with Crippen LogP contribution in [0.4, 0.5) is 5.69 Å². The number of thiazole rings is 1. The highest BCUT2D eigenvalue weighted by atomic mass is 32.1. The van der Waals surface area contributed by atoms with Crippen LogP contribution in [0.3, 0.4) is 0 Å². The minimum Gasteiger partial charge on any atom is -0.478 e. The molecule has 3 aromatic rings. The van der Waals surface area contributed by atoms with Crippen LogP contribution in [0, 0.1) is 0 Å². The molecule has 1 heterocycles. The number of aromatic carboxylic acids is 1. The maximum Gasteiger partial charge on any atom is 0.335 e. The Bertz CT molecular complexity index is 996. The van der Waals surface area contributed by atoms with E-state index in [1.807, 2.05) is 12.1 Å². The molecule has 126 valence electrons. The number of primary amides is 1. The Hall–Kier alpha value is -3.26. The van der Waals surface area contributed by atoms with Gasteiger partial charge in [-0.25, -0.2) is 9.78 Å². The van der Waals surface area contributed by atoms with Gasteiger partial charge in [-0.1, -0.05) is 12.1 Å². The lowest BCUT2D eigenvalue weighted by atomic mass is 10.1. The summed E-state index contributed by atoms with van der Waals surface area (Å²) in [6.07, 6.45) is 0. The number of hydrogen-bond acceptors (Lipinski definition) is 6. The van der Waals surface area contributed by atoms with Crippen molar-refractivity contribution in [3.63, 3.8) is 0 Å². The molecule has 0 saturated heterocycles. The van der Waals surface area contributed by atoms with Gasteiger partial charge in [0.25, 0.3) is 11.7 Å². The molecule has 2 aromatic carbocycles. The SMILES string of the molecule is NC(=O)C(=O)c1nc2ccc(NCc3cccc(C(=O)O)c3)cc2s1. The van der Waals surface area contributed by atoms with Gasteiger partial charge in [0.05, 0.1) is 15.8 Å². The molecular weight excluding hydrogens is 342 g/mol. The van der Waals surface area contributed by atoms with Crippen molar-refractivity contribution in [1.82, 2.24) is 4.98 Å². The number of ketones is 1. The quantitative estimate of drug-likeness (QED) is 0.460. The van der Waals surface area contributed by atoms with E-state index in [1.165, 1.54) is 6.07 Å².